The molecule has 0 aromatic rings. The van der Waals surface area contributed by atoms with Crippen LogP contribution in [0.25, 0.3) is 0 Å². The lowest BCUT2D eigenvalue weighted by atomic mass is 9.95. The first-order chi connectivity index (χ1) is 5.97. The van der Waals surface area contributed by atoms with Gasteiger partial charge in [-0.15, -0.1) is 0 Å². The molecule has 0 saturated heterocycles. The minimum absolute atomic E-state index is 0.611. The molecule has 0 N–H and O–H groups in total. The maximum atomic E-state index is 5.38. The Morgan fingerprint density at radius 1 is 1.08 bits per heavy atom. The predicted octanol–water partition coefficient (Wildman–Crippen LogP) is 2.59. The van der Waals surface area contributed by atoms with E-state index in [4.69, 9.17) is 4.84 Å². The summed E-state index contributed by atoms with van der Waals surface area (Å²) >= 11 is 0. The van der Waals surface area contributed by atoms with Gasteiger partial charge in [-0.25, -0.2) is 5.06 Å². The van der Waals surface area contributed by atoms with Gasteiger partial charge >= 0.3 is 0 Å². The highest BCUT2D eigenvalue weighted by Gasteiger charge is 2.19. The molecule has 2 heteroatoms. The molecule has 2 aliphatic rings. The summed E-state index contributed by atoms with van der Waals surface area (Å²) in [7, 11) is 0. The van der Waals surface area contributed by atoms with Crippen LogP contribution >= 0.6 is 0 Å². The highest BCUT2D eigenvalue weighted by atomic mass is 16.7. The molecule has 0 atom stereocenters. The number of nitrogens with zero attached hydrogens (tertiary/aromatic N) is 1. The van der Waals surface area contributed by atoms with E-state index in [1.807, 2.05) is 23.4 Å². The molecular formula is C10H15NO. The molecule has 1 heterocycles. The van der Waals surface area contributed by atoms with Crippen molar-refractivity contribution in [2.75, 3.05) is 0 Å². The Bertz CT molecular complexity index is 192. The number of hydroxylamine groups is 2. The molecule has 2 rings (SSSR count). The Kier molecular flexibility index (Phi) is 2.35. The minimum atomic E-state index is 0.611. The van der Waals surface area contributed by atoms with Crippen LogP contribution in [-0.4, -0.2) is 11.1 Å². The zero-order valence-corrected chi connectivity index (χ0v) is 7.28. The zero-order chi connectivity index (χ0) is 8.23. The molecule has 12 heavy (non-hydrogen) atoms. The average Bonchev–Trinajstić information content (AvgIpc) is 2.21. The number of allylic oxidation sites excluding steroid dienone is 2. The number of hydrogen-bond acceptors (Lipinski definition) is 2. The Balaban J connectivity index is 1.90. The van der Waals surface area contributed by atoms with Crippen molar-refractivity contribution in [1.82, 2.24) is 5.06 Å². The SMILES string of the molecule is C1=CON(C2CCCCC2)C=C1. The second-order valence-electron chi connectivity index (χ2n) is 3.43. The van der Waals surface area contributed by atoms with Crippen LogP contribution in [0.1, 0.15) is 32.1 Å². The lowest BCUT2D eigenvalue weighted by Crippen LogP contribution is -2.31. The normalized spacial score (nSPS) is 24.2. The van der Waals surface area contributed by atoms with E-state index in [1.54, 1.807) is 6.26 Å². The average molecular weight is 165 g/mol. The van der Waals surface area contributed by atoms with Crippen molar-refractivity contribution in [3.63, 3.8) is 0 Å². The minimum Gasteiger partial charge on any atom is -0.388 e. The van der Waals surface area contributed by atoms with Gasteiger partial charge in [0.05, 0.1) is 6.04 Å². The van der Waals surface area contributed by atoms with Crippen LogP contribution in [-0.2, 0) is 4.84 Å². The summed E-state index contributed by atoms with van der Waals surface area (Å²) in [5.41, 5.74) is 0. The molecule has 0 aromatic carbocycles. The molecule has 1 aliphatic heterocycles. The monoisotopic (exact) mass is 165 g/mol. The molecule has 2 nitrogen and oxygen atoms in total. The molecule has 0 bridgehead atoms. The standard InChI is InChI=1S/C10H15NO/c1-2-6-10(7-3-1)11-8-4-5-9-12-11/h4-5,8-10H,1-3,6-7H2. The highest BCUT2D eigenvalue weighted by Crippen LogP contribution is 2.23. The molecule has 0 unspecified atom stereocenters. The van der Waals surface area contributed by atoms with Gasteiger partial charge in [0.25, 0.3) is 0 Å². The van der Waals surface area contributed by atoms with E-state index in [2.05, 4.69) is 0 Å². The Labute approximate surface area is 73.5 Å². The maximum absolute atomic E-state index is 5.38. The van der Waals surface area contributed by atoms with E-state index in [1.165, 1.54) is 32.1 Å². The van der Waals surface area contributed by atoms with Gasteiger partial charge in [-0.1, -0.05) is 19.3 Å². The van der Waals surface area contributed by atoms with E-state index < -0.39 is 0 Å². The summed E-state index contributed by atoms with van der Waals surface area (Å²) in [4.78, 5) is 5.38. The third-order valence-electron chi connectivity index (χ3n) is 2.54. The van der Waals surface area contributed by atoms with Crippen molar-refractivity contribution < 1.29 is 4.84 Å². The number of hydrogen-bond donors (Lipinski definition) is 0. The van der Waals surface area contributed by atoms with E-state index in [0.29, 0.717) is 6.04 Å². The Morgan fingerprint density at radius 3 is 2.58 bits per heavy atom. The van der Waals surface area contributed by atoms with Crippen LogP contribution in [0.4, 0.5) is 0 Å². The lowest BCUT2D eigenvalue weighted by Gasteiger charge is -2.32. The predicted molar refractivity (Wildman–Crippen MR) is 48.1 cm³/mol. The molecule has 0 amide bonds. The van der Waals surface area contributed by atoms with Crippen molar-refractivity contribution in [2.24, 2.45) is 0 Å². The fraction of sp³-hybridized carbons (Fsp3) is 0.600. The second kappa shape index (κ2) is 3.65. The van der Waals surface area contributed by atoms with Crippen LogP contribution in [0.15, 0.2) is 24.6 Å². The van der Waals surface area contributed by atoms with Crippen molar-refractivity contribution >= 4 is 0 Å². The van der Waals surface area contributed by atoms with Crippen molar-refractivity contribution in [2.45, 2.75) is 38.1 Å². The summed E-state index contributed by atoms with van der Waals surface area (Å²) in [6.07, 6.45) is 14.4. The van der Waals surface area contributed by atoms with Gasteiger partial charge < -0.3 is 4.84 Å². The van der Waals surface area contributed by atoms with E-state index >= 15 is 0 Å². The topological polar surface area (TPSA) is 12.5 Å². The van der Waals surface area contributed by atoms with Crippen LogP contribution in [0.2, 0.25) is 0 Å². The van der Waals surface area contributed by atoms with E-state index in [9.17, 15) is 0 Å². The largest absolute Gasteiger partial charge is 0.388 e. The third-order valence-corrected chi connectivity index (χ3v) is 2.54. The fourth-order valence-electron chi connectivity index (χ4n) is 1.86. The molecular weight excluding hydrogens is 150 g/mol. The van der Waals surface area contributed by atoms with Crippen LogP contribution in [0, 0.1) is 0 Å². The third kappa shape index (κ3) is 1.63. The van der Waals surface area contributed by atoms with Crippen molar-refractivity contribution in [3.8, 4) is 0 Å². The Hall–Kier alpha value is -0.920. The summed E-state index contributed by atoms with van der Waals surface area (Å²) < 4.78 is 0. The van der Waals surface area contributed by atoms with Crippen LogP contribution in [0.3, 0.4) is 0 Å². The first-order valence-corrected chi connectivity index (χ1v) is 4.75. The molecule has 66 valence electrons. The molecule has 0 aromatic heterocycles. The van der Waals surface area contributed by atoms with Gasteiger partial charge in [-0.05, 0) is 25.0 Å². The van der Waals surface area contributed by atoms with Crippen molar-refractivity contribution in [3.05, 3.63) is 24.6 Å². The summed E-state index contributed by atoms with van der Waals surface area (Å²) in [5.74, 6) is 0. The summed E-state index contributed by atoms with van der Waals surface area (Å²) in [5, 5.41) is 1.99. The number of rotatable bonds is 1. The second-order valence-corrected chi connectivity index (χ2v) is 3.43. The molecule has 1 fully saturated rings. The molecule has 0 radical (unpaired) electrons. The van der Waals surface area contributed by atoms with Crippen LogP contribution in [0.5, 0.6) is 0 Å². The first kappa shape index (κ1) is 7.71. The van der Waals surface area contributed by atoms with Gasteiger partial charge in [0.2, 0.25) is 0 Å². The smallest absolute Gasteiger partial charge is 0.119 e. The summed E-state index contributed by atoms with van der Waals surface area (Å²) in [6, 6.07) is 0.611. The van der Waals surface area contributed by atoms with Gasteiger partial charge in [-0.2, -0.15) is 0 Å². The quantitative estimate of drug-likeness (QED) is 0.592. The van der Waals surface area contributed by atoms with Gasteiger partial charge in [-0.3, -0.25) is 0 Å². The summed E-state index contributed by atoms with van der Waals surface area (Å²) in [6.45, 7) is 0. The maximum Gasteiger partial charge on any atom is 0.119 e. The van der Waals surface area contributed by atoms with Crippen molar-refractivity contribution in [1.29, 1.82) is 0 Å². The molecule has 0 spiro atoms. The lowest BCUT2D eigenvalue weighted by molar-refractivity contribution is -0.103. The Morgan fingerprint density at radius 2 is 1.92 bits per heavy atom. The fourth-order valence-corrected chi connectivity index (χ4v) is 1.86. The van der Waals surface area contributed by atoms with Gasteiger partial charge in [0, 0.05) is 6.20 Å². The van der Waals surface area contributed by atoms with E-state index in [0.717, 1.165) is 0 Å². The van der Waals surface area contributed by atoms with E-state index in [-0.39, 0.29) is 0 Å². The van der Waals surface area contributed by atoms with Crippen LogP contribution < -0.4 is 0 Å². The van der Waals surface area contributed by atoms with Gasteiger partial charge in [0.1, 0.15) is 6.26 Å². The molecule has 1 saturated carbocycles. The first-order valence-electron chi connectivity index (χ1n) is 4.75. The highest BCUT2D eigenvalue weighted by molar-refractivity contribution is 5.02. The zero-order valence-electron chi connectivity index (χ0n) is 7.28. The molecule has 1 aliphatic carbocycles. The van der Waals surface area contributed by atoms with Gasteiger partial charge in [0.15, 0.2) is 0 Å².